The van der Waals surface area contributed by atoms with Crippen LogP contribution in [0.5, 0.6) is 0 Å². The molecule has 1 N–H and O–H groups in total. The van der Waals surface area contributed by atoms with Gasteiger partial charge in [-0.15, -0.1) is 0 Å². The summed E-state index contributed by atoms with van der Waals surface area (Å²) in [4.78, 5) is 15.0. The van der Waals surface area contributed by atoms with E-state index in [1.54, 1.807) is 14.0 Å². The van der Waals surface area contributed by atoms with Gasteiger partial charge in [-0.2, -0.15) is 0 Å². The number of allylic oxidation sites excluding steroid dienone is 1. The molecule has 0 aromatic heterocycles. The summed E-state index contributed by atoms with van der Waals surface area (Å²) in [6.45, 7) is 3.94. The van der Waals surface area contributed by atoms with E-state index in [9.17, 15) is 9.90 Å². The Labute approximate surface area is 203 Å². The van der Waals surface area contributed by atoms with E-state index in [1.165, 1.54) is 44.9 Å². The van der Waals surface area contributed by atoms with Crippen molar-refractivity contribution in [1.29, 1.82) is 0 Å². The number of aliphatic hydroxyl groups excluding tert-OH is 1. The van der Waals surface area contributed by atoms with Crippen LogP contribution in [0.2, 0.25) is 0 Å². The predicted octanol–water partition coefficient (Wildman–Crippen LogP) is 4.80. The fourth-order valence-electron chi connectivity index (χ4n) is 8.19. The van der Waals surface area contributed by atoms with Crippen LogP contribution in [0.25, 0.3) is 0 Å². The molecule has 6 heteroatoms. The smallest absolute Gasteiger partial charge is 0.343 e. The molecule has 0 radical (unpaired) electrons. The van der Waals surface area contributed by atoms with E-state index in [1.807, 2.05) is 0 Å². The molecule has 186 valence electrons. The summed E-state index contributed by atoms with van der Waals surface area (Å²) in [6.07, 6.45) is 13.9. The normalized spacial score (nSPS) is 41.1. The summed E-state index contributed by atoms with van der Waals surface area (Å²) in [6, 6.07) is 1.09. The number of rotatable bonds is 4. The number of piperidine rings is 2. The molecule has 7 unspecified atom stereocenters. The minimum Gasteiger partial charge on any atom is -0.492 e. The third-order valence-corrected chi connectivity index (χ3v) is 9.77. The number of hydrogen-bond donors (Lipinski definition) is 1. The van der Waals surface area contributed by atoms with E-state index < -0.39 is 0 Å². The summed E-state index contributed by atoms with van der Waals surface area (Å²) in [5.41, 5.74) is 0.494. The Balaban J connectivity index is 1.32. The van der Waals surface area contributed by atoms with E-state index in [4.69, 9.17) is 14.2 Å². The van der Waals surface area contributed by atoms with Crippen molar-refractivity contribution in [2.45, 2.75) is 102 Å². The molecule has 34 heavy (non-hydrogen) atoms. The zero-order chi connectivity index (χ0) is 23.6. The van der Waals surface area contributed by atoms with Crippen molar-refractivity contribution >= 4 is 5.97 Å². The molecule has 7 atom stereocenters. The van der Waals surface area contributed by atoms with Crippen LogP contribution >= 0.6 is 0 Å². The monoisotopic (exact) mass is 469 g/mol. The summed E-state index contributed by atoms with van der Waals surface area (Å²) in [5.74, 6) is 3.92. The highest BCUT2D eigenvalue weighted by Gasteiger charge is 2.55. The molecule has 0 amide bonds. The maximum absolute atomic E-state index is 12.3. The maximum atomic E-state index is 12.3. The Morgan fingerprint density at radius 1 is 1.15 bits per heavy atom. The second-order valence-electron chi connectivity index (χ2n) is 11.5. The van der Waals surface area contributed by atoms with E-state index in [0.717, 1.165) is 30.8 Å². The van der Waals surface area contributed by atoms with Crippen LogP contribution in [0, 0.1) is 23.7 Å². The van der Waals surface area contributed by atoms with Crippen LogP contribution < -0.4 is 0 Å². The summed E-state index contributed by atoms with van der Waals surface area (Å²) < 4.78 is 17.6. The molecule has 4 fully saturated rings. The molecule has 0 aromatic carbocycles. The number of carbonyl (C=O) groups is 1. The molecular formula is C28H39NO5. The minimum atomic E-state index is -0.358. The number of ether oxygens (including phenoxy) is 3. The lowest BCUT2D eigenvalue weighted by Crippen LogP contribution is -2.64. The van der Waals surface area contributed by atoms with Gasteiger partial charge in [0.2, 0.25) is 5.76 Å². The number of carbonyl (C=O) groups excluding carboxylic acids is 1. The average Bonchev–Trinajstić information content (AvgIpc) is 3.48. The van der Waals surface area contributed by atoms with Crippen LogP contribution in [-0.2, 0) is 19.0 Å². The highest BCUT2D eigenvalue weighted by Crippen LogP contribution is 2.53. The lowest BCUT2D eigenvalue weighted by Gasteiger charge is -2.56. The third-order valence-electron chi connectivity index (χ3n) is 9.77. The van der Waals surface area contributed by atoms with Gasteiger partial charge in [-0.1, -0.05) is 32.6 Å². The van der Waals surface area contributed by atoms with Crippen LogP contribution in [0.1, 0.15) is 78.1 Å². The average molecular weight is 470 g/mol. The highest BCUT2D eigenvalue weighted by atomic mass is 16.6. The van der Waals surface area contributed by atoms with Crippen molar-refractivity contribution in [3.8, 4) is 0 Å². The van der Waals surface area contributed by atoms with Gasteiger partial charge in [0.1, 0.15) is 5.76 Å². The van der Waals surface area contributed by atoms with Crippen LogP contribution in [0.4, 0.5) is 0 Å². The molecular weight excluding hydrogens is 430 g/mol. The van der Waals surface area contributed by atoms with Crippen molar-refractivity contribution in [1.82, 2.24) is 4.90 Å². The Morgan fingerprint density at radius 2 is 1.91 bits per heavy atom. The molecule has 6 nitrogen and oxygen atoms in total. The zero-order valence-electron chi connectivity index (χ0n) is 20.8. The molecule has 3 saturated heterocycles. The van der Waals surface area contributed by atoms with Crippen molar-refractivity contribution in [3.05, 3.63) is 34.7 Å². The fraction of sp³-hybridized carbons (Fsp3) is 0.750. The number of esters is 1. The Kier molecular flexibility index (Phi) is 5.80. The first-order chi connectivity index (χ1) is 16.5. The molecule has 1 saturated carbocycles. The van der Waals surface area contributed by atoms with E-state index in [0.29, 0.717) is 41.0 Å². The number of cyclic esters (lactones) is 1. The van der Waals surface area contributed by atoms with Gasteiger partial charge >= 0.3 is 5.97 Å². The van der Waals surface area contributed by atoms with Crippen molar-refractivity contribution < 1.29 is 24.1 Å². The Hall–Kier alpha value is -1.79. The number of hydrogen-bond acceptors (Lipinski definition) is 6. The second kappa shape index (κ2) is 8.70. The molecule has 6 aliphatic rings. The highest BCUT2D eigenvalue weighted by molar-refractivity contribution is 5.93. The van der Waals surface area contributed by atoms with E-state index in [-0.39, 0.29) is 30.0 Å². The van der Waals surface area contributed by atoms with Crippen LogP contribution in [0.15, 0.2) is 34.7 Å². The van der Waals surface area contributed by atoms with Gasteiger partial charge in [-0.25, -0.2) is 4.79 Å². The lowest BCUT2D eigenvalue weighted by molar-refractivity contribution is -0.133. The van der Waals surface area contributed by atoms with Crippen LogP contribution in [0.3, 0.4) is 0 Å². The molecule has 0 spiro atoms. The first-order valence-corrected chi connectivity index (χ1v) is 13.5. The van der Waals surface area contributed by atoms with E-state index >= 15 is 0 Å². The first-order valence-electron chi connectivity index (χ1n) is 13.5. The maximum Gasteiger partial charge on any atom is 0.343 e. The van der Waals surface area contributed by atoms with Crippen LogP contribution in [-0.4, -0.2) is 47.3 Å². The Morgan fingerprint density at radius 3 is 2.68 bits per heavy atom. The summed E-state index contributed by atoms with van der Waals surface area (Å²) >= 11 is 0. The zero-order valence-corrected chi connectivity index (χ0v) is 20.8. The number of aliphatic hydroxyl groups is 1. The SMILES string of the molecule is COC1=C(C)C(=O)OC1=C1OC2=CCC3CCC4CCC(C2C1C)N3C4C(O)CC1CCCC1. The first kappa shape index (κ1) is 22.7. The standard InChI is InChI=1S/C28H39NO5/c1-15-23-20-12-9-18-8-10-19(29(20)24(18)21(30)14-17-6-4-5-7-17)11-13-22(23)33-26(15)27-25(32-3)16(2)28(31)34-27/h13,15,17-21,23-24,30H,4-12,14H2,1-3H3. The van der Waals surface area contributed by atoms with Gasteiger partial charge in [0.05, 0.1) is 18.8 Å². The number of nitrogens with zero attached hydrogens (tertiary/aromatic N) is 1. The molecule has 0 aromatic rings. The topological polar surface area (TPSA) is 68.2 Å². The van der Waals surface area contributed by atoms with Crippen molar-refractivity contribution in [2.75, 3.05) is 7.11 Å². The fourth-order valence-corrected chi connectivity index (χ4v) is 8.19. The Bertz CT molecular complexity index is 944. The molecule has 1 aliphatic carbocycles. The third kappa shape index (κ3) is 3.47. The number of methoxy groups -OCH3 is 1. The van der Waals surface area contributed by atoms with Crippen molar-refractivity contribution in [2.24, 2.45) is 23.7 Å². The largest absolute Gasteiger partial charge is 0.492 e. The molecule has 2 bridgehead atoms. The van der Waals surface area contributed by atoms with Gasteiger partial charge in [0.25, 0.3) is 0 Å². The van der Waals surface area contributed by atoms with Gasteiger partial charge in [-0.05, 0) is 63.4 Å². The molecule has 6 rings (SSSR count). The van der Waals surface area contributed by atoms with Crippen molar-refractivity contribution in [3.63, 3.8) is 0 Å². The quantitative estimate of drug-likeness (QED) is 0.597. The summed E-state index contributed by atoms with van der Waals surface area (Å²) in [5, 5.41) is 11.6. The number of fused-ring (bicyclic) bond motifs is 3. The van der Waals surface area contributed by atoms with E-state index in [2.05, 4.69) is 17.9 Å². The van der Waals surface area contributed by atoms with Gasteiger partial charge < -0.3 is 19.3 Å². The van der Waals surface area contributed by atoms with Gasteiger partial charge in [0, 0.05) is 30.0 Å². The predicted molar refractivity (Wildman–Crippen MR) is 127 cm³/mol. The molecule has 5 heterocycles. The summed E-state index contributed by atoms with van der Waals surface area (Å²) in [7, 11) is 1.58. The second-order valence-corrected chi connectivity index (χ2v) is 11.5. The molecule has 5 aliphatic heterocycles. The van der Waals surface area contributed by atoms with Gasteiger partial charge in [-0.3, -0.25) is 4.90 Å². The lowest BCUT2D eigenvalue weighted by atomic mass is 9.70. The van der Waals surface area contributed by atoms with Gasteiger partial charge in [0.15, 0.2) is 11.5 Å². The minimum absolute atomic E-state index is 0.0833.